The minimum atomic E-state index is -4.37. The molecule has 1 N–H and O–H groups in total. The maximum Gasteiger partial charge on any atom is 0.416 e. The van der Waals surface area contributed by atoms with Gasteiger partial charge in [0, 0.05) is 28.2 Å². The van der Waals surface area contributed by atoms with E-state index < -0.39 is 24.3 Å². The van der Waals surface area contributed by atoms with Crippen LogP contribution in [-0.2, 0) is 11.2 Å². The van der Waals surface area contributed by atoms with Crippen molar-refractivity contribution < 1.29 is 32.2 Å². The number of aromatic nitrogens is 1. The zero-order chi connectivity index (χ0) is 23.6. The molecule has 0 saturated carbocycles. The third-order valence-electron chi connectivity index (χ3n) is 4.88. The van der Waals surface area contributed by atoms with Crippen molar-refractivity contribution in [3.8, 4) is 5.75 Å². The number of halogens is 4. The van der Waals surface area contributed by atoms with E-state index in [1.54, 1.807) is 17.8 Å². The number of fused-ring (bicyclic) bond motifs is 1. The lowest BCUT2D eigenvalue weighted by Gasteiger charge is -2.11. The van der Waals surface area contributed by atoms with Crippen molar-refractivity contribution >= 4 is 44.8 Å². The fourth-order valence-electron chi connectivity index (χ4n) is 3.28. The quantitative estimate of drug-likeness (QED) is 0.543. The fourth-order valence-corrected chi connectivity index (χ4v) is 4.84. The predicted molar refractivity (Wildman–Crippen MR) is 121 cm³/mol. The molecular weight excluding hydrogens is 523 g/mol. The number of carbonyl (C=O) groups is 1. The summed E-state index contributed by atoms with van der Waals surface area (Å²) in [5.74, 6) is -0.0281. The number of carboxylic acids is 1. The zero-order valence-electron chi connectivity index (χ0n) is 17.0. The van der Waals surface area contributed by atoms with Gasteiger partial charge in [0.05, 0.1) is 15.7 Å². The molecule has 2 aromatic rings. The standard InChI is InChI=1S/C23H17BrF3NO4S/c24-17-10-16(8-9-19(17)31-11-20(29)30)33-12-14-2-1-3-18-21(14)32-22(28-18)13-4-6-15(7-5-13)23(25,26)27/h1-2,4,6-10H,3,5,11-12H2,(H,29,30). The Bertz CT molecular complexity index is 1310. The van der Waals surface area contributed by atoms with E-state index in [-0.39, 0.29) is 6.42 Å². The van der Waals surface area contributed by atoms with Gasteiger partial charge in [0.1, 0.15) is 5.75 Å². The molecule has 1 heterocycles. The number of ether oxygens (including phenoxy) is 1. The van der Waals surface area contributed by atoms with Crippen LogP contribution in [0, 0.1) is 0 Å². The van der Waals surface area contributed by atoms with E-state index >= 15 is 0 Å². The molecule has 1 aromatic heterocycles. The van der Waals surface area contributed by atoms with Crippen LogP contribution in [-0.4, -0.2) is 34.6 Å². The van der Waals surface area contributed by atoms with Crippen molar-refractivity contribution in [2.45, 2.75) is 23.9 Å². The summed E-state index contributed by atoms with van der Waals surface area (Å²) in [5.41, 5.74) is 2.60. The highest BCUT2D eigenvalue weighted by molar-refractivity contribution is 9.10. The van der Waals surface area contributed by atoms with E-state index in [0.717, 1.165) is 28.3 Å². The van der Waals surface area contributed by atoms with E-state index in [1.807, 2.05) is 24.3 Å². The molecule has 4 rings (SSSR count). The largest absolute Gasteiger partial charge is 0.481 e. The van der Waals surface area contributed by atoms with Gasteiger partial charge in [-0.2, -0.15) is 13.2 Å². The number of allylic oxidation sites excluding steroid dienone is 6. The number of hydrogen-bond donors (Lipinski definition) is 1. The first-order valence-corrected chi connectivity index (χ1v) is 11.6. The van der Waals surface area contributed by atoms with Gasteiger partial charge in [0.25, 0.3) is 0 Å². The summed E-state index contributed by atoms with van der Waals surface area (Å²) >= 11 is 4.94. The molecule has 10 heteroatoms. The number of nitrogens with zero attached hydrogens (tertiary/aromatic N) is 1. The normalized spacial score (nSPS) is 17.1. The minimum Gasteiger partial charge on any atom is -0.481 e. The number of carboxylic acid groups (broad SMARTS) is 1. The Morgan fingerprint density at radius 2 is 2.06 bits per heavy atom. The van der Waals surface area contributed by atoms with Gasteiger partial charge in [0.15, 0.2) is 12.0 Å². The molecule has 1 aromatic carbocycles. The van der Waals surface area contributed by atoms with Crippen LogP contribution in [0.25, 0.3) is 11.1 Å². The van der Waals surface area contributed by atoms with Gasteiger partial charge in [0.2, 0.25) is 5.55 Å². The van der Waals surface area contributed by atoms with Crippen LogP contribution in [0.3, 0.4) is 0 Å². The summed E-state index contributed by atoms with van der Waals surface area (Å²) < 4.78 is 50.3. The smallest absolute Gasteiger partial charge is 0.416 e. The summed E-state index contributed by atoms with van der Waals surface area (Å²) in [6.07, 6.45) is 3.87. The van der Waals surface area contributed by atoms with Crippen LogP contribution >= 0.6 is 27.7 Å². The lowest BCUT2D eigenvalue weighted by Crippen LogP contribution is -2.14. The molecule has 5 nitrogen and oxygen atoms in total. The van der Waals surface area contributed by atoms with E-state index in [2.05, 4.69) is 20.9 Å². The number of benzene rings is 1. The van der Waals surface area contributed by atoms with Crippen LogP contribution in [0.4, 0.5) is 13.2 Å². The maximum absolute atomic E-state index is 12.8. The highest BCUT2D eigenvalue weighted by Crippen LogP contribution is 2.32. The van der Waals surface area contributed by atoms with Gasteiger partial charge in [-0.25, -0.2) is 9.78 Å². The second kappa shape index (κ2) is 9.64. The van der Waals surface area contributed by atoms with E-state index in [1.165, 1.54) is 6.08 Å². The number of thioether (sulfide) groups is 1. The second-order valence-corrected chi connectivity index (χ2v) is 9.11. The molecule has 0 radical (unpaired) electrons. The Labute approximate surface area is 199 Å². The van der Waals surface area contributed by atoms with E-state index in [4.69, 9.17) is 14.3 Å². The van der Waals surface area contributed by atoms with Gasteiger partial charge in [-0.05, 0) is 46.6 Å². The average molecular weight is 540 g/mol. The first-order valence-electron chi connectivity index (χ1n) is 9.81. The summed E-state index contributed by atoms with van der Waals surface area (Å²) in [6, 6.07) is 5.37. The molecule has 0 atom stereocenters. The Balaban J connectivity index is 1.53. The molecular formula is C23H17BrF3NO4S. The van der Waals surface area contributed by atoms with Crippen LogP contribution in [0.2, 0.25) is 0 Å². The summed E-state index contributed by atoms with van der Waals surface area (Å²) in [6.45, 7) is -0.425. The van der Waals surface area contributed by atoms with Gasteiger partial charge < -0.3 is 14.3 Å². The fraction of sp³-hybridized carbons (Fsp3) is 0.217. The Morgan fingerprint density at radius 3 is 2.73 bits per heavy atom. The van der Waals surface area contributed by atoms with Crippen LogP contribution in [0.5, 0.6) is 5.75 Å². The summed E-state index contributed by atoms with van der Waals surface area (Å²) in [7, 11) is 0. The molecule has 2 aliphatic carbocycles. The third kappa shape index (κ3) is 5.62. The van der Waals surface area contributed by atoms with Gasteiger partial charge in [-0.1, -0.05) is 24.3 Å². The van der Waals surface area contributed by atoms with Crippen LogP contribution in [0.15, 0.2) is 67.9 Å². The number of oxazole rings is 1. The third-order valence-corrected chi connectivity index (χ3v) is 6.54. The SMILES string of the molecule is O=C(O)COc1ccc(SCC2=c3oc(=C4C=CC(C(F)(F)F)=CC4)nc3CC=C2)cc1Br. The Morgan fingerprint density at radius 1 is 1.24 bits per heavy atom. The predicted octanol–water partition coefficient (Wildman–Crippen LogP) is 4.56. The van der Waals surface area contributed by atoms with Gasteiger partial charge in [-0.15, -0.1) is 11.8 Å². The van der Waals surface area contributed by atoms with Crippen molar-refractivity contribution in [3.05, 3.63) is 75.3 Å². The molecule has 0 saturated heterocycles. The lowest BCUT2D eigenvalue weighted by molar-refractivity contribution is -0.139. The molecule has 33 heavy (non-hydrogen) atoms. The molecule has 0 amide bonds. The Hall–Kier alpha value is -2.72. The molecule has 2 aliphatic rings. The van der Waals surface area contributed by atoms with Crippen LogP contribution < -0.4 is 15.7 Å². The van der Waals surface area contributed by atoms with Gasteiger partial charge >= 0.3 is 12.1 Å². The summed E-state index contributed by atoms with van der Waals surface area (Å²) in [4.78, 5) is 16.1. The lowest BCUT2D eigenvalue weighted by atomic mass is 10.0. The topological polar surface area (TPSA) is 72.6 Å². The van der Waals surface area contributed by atoms with Crippen molar-refractivity contribution in [1.29, 1.82) is 0 Å². The molecule has 172 valence electrons. The first kappa shape index (κ1) is 23.4. The van der Waals surface area contributed by atoms with Crippen molar-refractivity contribution in [2.75, 3.05) is 12.4 Å². The maximum atomic E-state index is 12.8. The molecule has 0 bridgehead atoms. The highest BCUT2D eigenvalue weighted by Gasteiger charge is 2.32. The molecule has 0 fully saturated rings. The van der Waals surface area contributed by atoms with Crippen molar-refractivity contribution in [2.24, 2.45) is 0 Å². The van der Waals surface area contributed by atoms with Crippen molar-refractivity contribution in [1.82, 2.24) is 4.98 Å². The Kier molecular flexibility index (Phi) is 6.85. The number of rotatable bonds is 6. The van der Waals surface area contributed by atoms with E-state index in [0.29, 0.717) is 38.9 Å². The monoisotopic (exact) mass is 539 g/mol. The molecule has 0 spiro atoms. The van der Waals surface area contributed by atoms with E-state index in [9.17, 15) is 18.0 Å². The van der Waals surface area contributed by atoms with Gasteiger partial charge in [-0.3, -0.25) is 0 Å². The molecule has 0 aliphatic heterocycles. The second-order valence-electron chi connectivity index (χ2n) is 7.21. The highest BCUT2D eigenvalue weighted by atomic mass is 79.9. The number of aliphatic carboxylic acids is 1. The van der Waals surface area contributed by atoms with Crippen LogP contribution in [0.1, 0.15) is 12.1 Å². The van der Waals surface area contributed by atoms with Crippen molar-refractivity contribution in [3.63, 3.8) is 0 Å². The number of alkyl halides is 3. The average Bonchev–Trinajstić information content (AvgIpc) is 3.21. The number of hydrogen-bond acceptors (Lipinski definition) is 5. The molecule has 0 unspecified atom stereocenters. The first-order chi connectivity index (χ1) is 15.7. The zero-order valence-corrected chi connectivity index (χ0v) is 19.4. The summed E-state index contributed by atoms with van der Waals surface area (Å²) in [5, 5.41) is 8.74. The minimum absolute atomic E-state index is 0.104.